The molecule has 0 unspecified atom stereocenters. The van der Waals surface area contributed by atoms with Crippen LogP contribution in [0.3, 0.4) is 0 Å². The Bertz CT molecular complexity index is 3730. The van der Waals surface area contributed by atoms with Crippen LogP contribution in [0.15, 0.2) is 195 Å². The van der Waals surface area contributed by atoms with Gasteiger partial charge in [0.05, 0.1) is 38.7 Å². The Labute approximate surface area is 358 Å². The smallest absolute Gasteiger partial charge is 0.101 e. The second-order valence-electron chi connectivity index (χ2n) is 15.7. The Morgan fingerprint density at radius 2 is 0.952 bits per heavy atom. The summed E-state index contributed by atoms with van der Waals surface area (Å²) in [4.78, 5) is 0. The van der Waals surface area contributed by atoms with Gasteiger partial charge in [-0.05, 0) is 126 Å². The minimum atomic E-state index is 0.345. The van der Waals surface area contributed by atoms with Crippen molar-refractivity contribution in [2.45, 2.75) is 6.92 Å². The third kappa shape index (κ3) is 5.69. The van der Waals surface area contributed by atoms with Gasteiger partial charge >= 0.3 is 0 Å². The van der Waals surface area contributed by atoms with Gasteiger partial charge in [0.25, 0.3) is 0 Å². The van der Waals surface area contributed by atoms with E-state index in [0.29, 0.717) is 11.1 Å². The van der Waals surface area contributed by atoms with Gasteiger partial charge in [0, 0.05) is 55.3 Å². The van der Waals surface area contributed by atoms with Crippen LogP contribution in [0.5, 0.6) is 0 Å². The van der Waals surface area contributed by atoms with Crippen molar-refractivity contribution in [2.75, 3.05) is 0 Å². The lowest BCUT2D eigenvalue weighted by molar-refractivity contribution is 1.05. The van der Waals surface area contributed by atoms with Crippen LogP contribution in [0.1, 0.15) is 27.9 Å². The average molecular weight is 792 g/mol. The summed E-state index contributed by atoms with van der Waals surface area (Å²) < 4.78 is 6.86. The molecular formula is C57H37N5. The average Bonchev–Trinajstić information content (AvgIpc) is 3.94. The molecule has 0 amide bonds. The first-order chi connectivity index (χ1) is 30.5. The van der Waals surface area contributed by atoms with Gasteiger partial charge < -0.3 is 13.7 Å². The van der Waals surface area contributed by atoms with Crippen molar-refractivity contribution in [1.82, 2.24) is 13.7 Å². The molecule has 3 heterocycles. The maximum Gasteiger partial charge on any atom is 0.101 e. The molecule has 0 aliphatic carbocycles. The molecule has 11 aromatic rings. The van der Waals surface area contributed by atoms with E-state index in [4.69, 9.17) is 0 Å². The minimum Gasteiger partial charge on any atom is -0.313 e. The molecule has 3 aromatic heterocycles. The first kappa shape index (κ1) is 36.4. The number of nitriles is 2. The molecule has 0 N–H and O–H groups in total. The lowest BCUT2D eigenvalue weighted by Gasteiger charge is -2.11. The SMILES string of the molecule is C=C/C(=C\c1c(C)n(-c2ccc(C#N)c(C#N)c2)c2ccc(-c3ccc4c(c3)c3ccccc3n4-c3ccccc3)cc12)c1ccc2c(c1)c1ccccc1n2-c1ccccc1. The second-order valence-corrected chi connectivity index (χ2v) is 15.7. The van der Waals surface area contributed by atoms with Crippen molar-refractivity contribution in [2.24, 2.45) is 0 Å². The molecule has 290 valence electrons. The Morgan fingerprint density at radius 1 is 0.452 bits per heavy atom. The third-order valence-corrected chi connectivity index (χ3v) is 12.3. The predicted octanol–water partition coefficient (Wildman–Crippen LogP) is 14.3. The van der Waals surface area contributed by atoms with Gasteiger partial charge in [-0.3, -0.25) is 0 Å². The van der Waals surface area contributed by atoms with E-state index in [0.717, 1.165) is 78.0 Å². The van der Waals surface area contributed by atoms with Crippen LogP contribution in [-0.4, -0.2) is 13.7 Å². The van der Waals surface area contributed by atoms with Crippen LogP contribution in [-0.2, 0) is 0 Å². The lowest BCUT2D eigenvalue weighted by Crippen LogP contribution is -1.98. The maximum absolute atomic E-state index is 10.0. The number of hydrogen-bond donors (Lipinski definition) is 0. The molecule has 0 fully saturated rings. The van der Waals surface area contributed by atoms with Gasteiger partial charge in [0.15, 0.2) is 0 Å². The molecule has 0 aliphatic heterocycles. The molecule has 0 aliphatic rings. The summed E-state index contributed by atoms with van der Waals surface area (Å²) in [6.07, 6.45) is 4.18. The lowest BCUT2D eigenvalue weighted by atomic mass is 9.97. The van der Waals surface area contributed by atoms with Gasteiger partial charge in [0.2, 0.25) is 0 Å². The number of rotatable bonds is 7. The van der Waals surface area contributed by atoms with Crippen molar-refractivity contribution in [1.29, 1.82) is 10.5 Å². The zero-order valence-corrected chi connectivity index (χ0v) is 33.9. The number of benzene rings is 8. The predicted molar refractivity (Wildman–Crippen MR) is 256 cm³/mol. The number of hydrogen-bond acceptors (Lipinski definition) is 2. The van der Waals surface area contributed by atoms with Gasteiger partial charge in [0.1, 0.15) is 12.1 Å². The summed E-state index contributed by atoms with van der Waals surface area (Å²) >= 11 is 0. The highest BCUT2D eigenvalue weighted by Crippen LogP contribution is 2.40. The monoisotopic (exact) mass is 791 g/mol. The van der Waals surface area contributed by atoms with Gasteiger partial charge in [-0.15, -0.1) is 0 Å². The molecule has 0 spiro atoms. The number of para-hydroxylation sites is 4. The van der Waals surface area contributed by atoms with Crippen LogP contribution < -0.4 is 0 Å². The van der Waals surface area contributed by atoms with E-state index < -0.39 is 0 Å². The van der Waals surface area contributed by atoms with E-state index in [1.165, 1.54) is 27.1 Å². The quantitative estimate of drug-likeness (QED) is 0.151. The van der Waals surface area contributed by atoms with Crippen molar-refractivity contribution in [3.8, 4) is 40.3 Å². The fraction of sp³-hybridized carbons (Fsp3) is 0.0175. The molecule has 5 nitrogen and oxygen atoms in total. The summed E-state index contributed by atoms with van der Waals surface area (Å²) in [7, 11) is 0. The van der Waals surface area contributed by atoms with Crippen molar-refractivity contribution < 1.29 is 0 Å². The molecule has 11 rings (SSSR count). The van der Waals surface area contributed by atoms with Crippen LogP contribution >= 0.6 is 0 Å². The first-order valence-corrected chi connectivity index (χ1v) is 20.7. The van der Waals surface area contributed by atoms with E-state index in [2.05, 4.69) is 203 Å². The highest BCUT2D eigenvalue weighted by molar-refractivity contribution is 6.12. The Balaban J connectivity index is 1.12. The normalized spacial score (nSPS) is 11.8. The zero-order chi connectivity index (χ0) is 41.9. The third-order valence-electron chi connectivity index (χ3n) is 12.3. The van der Waals surface area contributed by atoms with Crippen molar-refractivity contribution in [3.63, 3.8) is 0 Å². The summed E-state index contributed by atoms with van der Waals surface area (Å²) in [5.41, 5.74) is 15.7. The van der Waals surface area contributed by atoms with E-state index in [1.807, 2.05) is 24.3 Å². The zero-order valence-electron chi connectivity index (χ0n) is 33.9. The van der Waals surface area contributed by atoms with E-state index in [1.54, 1.807) is 6.07 Å². The van der Waals surface area contributed by atoms with Crippen LogP contribution in [0.4, 0.5) is 0 Å². The van der Waals surface area contributed by atoms with Crippen LogP contribution in [0.25, 0.3) is 94.4 Å². The van der Waals surface area contributed by atoms with E-state index in [-0.39, 0.29) is 0 Å². The summed E-state index contributed by atoms with van der Waals surface area (Å²) in [5.74, 6) is 0. The Hall–Kier alpha value is -8.64. The number of aromatic nitrogens is 3. The molecule has 0 bridgehead atoms. The largest absolute Gasteiger partial charge is 0.313 e. The number of nitrogens with zero attached hydrogens (tertiary/aromatic N) is 5. The fourth-order valence-corrected chi connectivity index (χ4v) is 9.43. The Kier molecular flexibility index (Phi) is 8.56. The fourth-order valence-electron chi connectivity index (χ4n) is 9.43. The molecular weight excluding hydrogens is 755 g/mol. The standard InChI is InChI=1S/C57H37N5/c1-3-38(39-23-28-56-50(32-39)47-18-10-12-20-53(47)61(56)44-14-6-4-7-15-44)31-49-37(2)60(46-26-22-42(35-58)43(30-46)36-59)55-27-24-41(34-52(49)55)40-25-29-57-51(33-40)48-19-11-13-21-54(48)62(57)45-16-8-5-9-17-45/h3-34H,1H2,2H3/b38-31+. The van der Waals surface area contributed by atoms with Gasteiger partial charge in [-0.2, -0.15) is 10.5 Å². The van der Waals surface area contributed by atoms with Gasteiger partial charge in [-0.25, -0.2) is 0 Å². The molecule has 62 heavy (non-hydrogen) atoms. The molecule has 8 aromatic carbocycles. The Morgan fingerprint density at radius 3 is 1.53 bits per heavy atom. The topological polar surface area (TPSA) is 62.4 Å². The number of allylic oxidation sites excluding steroid dienone is 2. The van der Waals surface area contributed by atoms with Crippen molar-refractivity contribution >= 4 is 66.2 Å². The number of fused-ring (bicyclic) bond motifs is 7. The van der Waals surface area contributed by atoms with Crippen LogP contribution in [0, 0.1) is 29.6 Å². The summed E-state index contributed by atoms with van der Waals surface area (Å²) in [5, 5.41) is 25.6. The molecule has 0 saturated heterocycles. The second kappa shape index (κ2) is 14.6. The molecule has 0 atom stereocenters. The molecule has 0 saturated carbocycles. The maximum atomic E-state index is 10.0. The highest BCUT2D eigenvalue weighted by Gasteiger charge is 2.20. The minimum absolute atomic E-state index is 0.345. The first-order valence-electron chi connectivity index (χ1n) is 20.7. The molecule has 5 heteroatoms. The summed E-state index contributed by atoms with van der Waals surface area (Å²) in [6.45, 7) is 6.46. The van der Waals surface area contributed by atoms with E-state index >= 15 is 0 Å². The van der Waals surface area contributed by atoms with Gasteiger partial charge in [-0.1, -0.05) is 104 Å². The van der Waals surface area contributed by atoms with E-state index in [9.17, 15) is 10.5 Å². The van der Waals surface area contributed by atoms with Crippen LogP contribution in [0.2, 0.25) is 0 Å². The molecule has 0 radical (unpaired) electrons. The van der Waals surface area contributed by atoms with Crippen molar-refractivity contribution in [3.05, 3.63) is 223 Å². The highest BCUT2D eigenvalue weighted by atomic mass is 15.0. The summed E-state index contributed by atoms with van der Waals surface area (Å²) in [6, 6.07) is 68.2.